The van der Waals surface area contributed by atoms with Gasteiger partial charge in [0.2, 0.25) is 0 Å². The fraction of sp³-hybridized carbons (Fsp3) is 0.400. The van der Waals surface area contributed by atoms with Gasteiger partial charge in [-0.2, -0.15) is 6.41 Å². The van der Waals surface area contributed by atoms with E-state index in [4.69, 9.17) is 0 Å². The summed E-state index contributed by atoms with van der Waals surface area (Å²) in [5.41, 5.74) is 0. The molecule has 0 bridgehead atoms. The number of imide groups is 1. The number of nitrogens with zero attached hydrogens (tertiary/aromatic N) is 1. The van der Waals surface area contributed by atoms with Crippen LogP contribution in [-0.4, -0.2) is 25.9 Å². The van der Waals surface area contributed by atoms with Crippen LogP contribution < -0.4 is 63.5 Å². The minimum atomic E-state index is -0.556. The zero-order chi connectivity index (χ0) is 7.11. The summed E-state index contributed by atoms with van der Waals surface area (Å²) in [6.45, 7) is 0.421. The molecule has 2 amide bonds. The number of carbonyl (C=O) groups excluding carboxylic acids is 2. The molecular weight excluding hydrogens is 389 g/mol. The van der Waals surface area contributed by atoms with E-state index in [-0.39, 0.29) is 79.3 Å². The van der Waals surface area contributed by atoms with Gasteiger partial charge in [0.15, 0.2) is 0 Å². The summed E-state index contributed by atoms with van der Waals surface area (Å²) in [4.78, 5) is 19.7. The Morgan fingerprint density at radius 2 is 2.27 bits per heavy atom. The normalized spacial score (nSPS) is 6.64. The van der Waals surface area contributed by atoms with E-state index in [2.05, 4.69) is 10.6 Å². The standard InChI is InChI=1S/C5H7N2O2.Rb.W/c1-6-3-2-5(9)7-4-8;;/h2,6H,3H2,1H3;;/q-3;+1;+2. The molecule has 0 fully saturated rings. The molecule has 0 saturated heterocycles. The number of carbonyl (C=O) groups is 1. The van der Waals surface area contributed by atoms with Gasteiger partial charge >= 0.3 is 79.3 Å². The van der Waals surface area contributed by atoms with Crippen LogP contribution in [0.2, 0.25) is 0 Å². The van der Waals surface area contributed by atoms with E-state index in [9.17, 15) is 9.59 Å². The van der Waals surface area contributed by atoms with Crippen molar-refractivity contribution in [2.45, 2.75) is 0 Å². The van der Waals surface area contributed by atoms with Crippen molar-refractivity contribution in [2.75, 3.05) is 13.6 Å². The zero-order valence-corrected chi connectivity index (χ0v) is 14.3. The first kappa shape index (κ1) is 18.3. The van der Waals surface area contributed by atoms with Crippen molar-refractivity contribution < 1.29 is 88.8 Å². The smallest absolute Gasteiger partial charge is 0.805 e. The molecule has 0 saturated carbocycles. The molecule has 0 aliphatic heterocycles. The Morgan fingerprint density at radius 1 is 1.73 bits per heavy atom. The van der Waals surface area contributed by atoms with Crippen LogP contribution in [0.25, 0.3) is 5.32 Å². The molecule has 0 spiro atoms. The summed E-state index contributed by atoms with van der Waals surface area (Å²) in [7, 11) is 1.69. The van der Waals surface area contributed by atoms with E-state index in [0.29, 0.717) is 6.54 Å². The minimum absolute atomic E-state index is 0. The molecule has 0 atom stereocenters. The van der Waals surface area contributed by atoms with E-state index < -0.39 is 5.91 Å². The van der Waals surface area contributed by atoms with E-state index in [1.807, 2.05) is 0 Å². The Bertz CT molecular complexity index is 113. The second-order valence-electron chi connectivity index (χ2n) is 1.30. The van der Waals surface area contributed by atoms with Crippen LogP contribution in [-0.2, 0) is 30.7 Å². The Balaban J connectivity index is -0.000000320. The summed E-state index contributed by atoms with van der Waals surface area (Å²) < 4.78 is 0. The molecule has 0 aliphatic rings. The summed E-state index contributed by atoms with van der Waals surface area (Å²) >= 11 is 0. The fourth-order valence-corrected chi connectivity index (χ4v) is 0.280. The van der Waals surface area contributed by atoms with Crippen molar-refractivity contribution in [1.29, 1.82) is 0 Å². The summed E-state index contributed by atoms with van der Waals surface area (Å²) in [6.07, 6.45) is 2.40. The Morgan fingerprint density at radius 3 is 2.64 bits per heavy atom. The van der Waals surface area contributed by atoms with Gasteiger partial charge in [-0.3, -0.25) is 5.91 Å². The van der Waals surface area contributed by atoms with E-state index in [0.717, 1.165) is 6.41 Å². The van der Waals surface area contributed by atoms with Gasteiger partial charge in [-0.15, -0.1) is 6.54 Å². The molecule has 56 valence electrons. The molecular formula is C5H7N2O2RbW. The van der Waals surface area contributed by atoms with Gasteiger partial charge in [0, 0.05) is 0 Å². The van der Waals surface area contributed by atoms with Gasteiger partial charge in [-0.05, 0) is 7.05 Å². The molecule has 0 aromatic heterocycles. The van der Waals surface area contributed by atoms with Gasteiger partial charge in [-0.1, -0.05) is 0 Å². The van der Waals surface area contributed by atoms with Crippen molar-refractivity contribution in [3.8, 4) is 0 Å². The summed E-state index contributed by atoms with van der Waals surface area (Å²) in [6, 6.07) is 0. The second kappa shape index (κ2) is 14.0. The Hall–Kier alpha value is 1.46. The molecule has 0 aromatic carbocycles. The number of rotatable bonds is 4. The van der Waals surface area contributed by atoms with Gasteiger partial charge < -0.3 is 26.6 Å². The number of amides is 2. The minimum Gasteiger partial charge on any atom is -0.805 e. The average molecular weight is 396 g/mol. The van der Waals surface area contributed by atoms with Crippen LogP contribution in [0.4, 0.5) is 0 Å². The van der Waals surface area contributed by atoms with Gasteiger partial charge in [-0.25, -0.2) is 0 Å². The van der Waals surface area contributed by atoms with Crippen LogP contribution >= 0.6 is 0 Å². The van der Waals surface area contributed by atoms with Gasteiger partial charge in [0.05, 0.1) is 0 Å². The quantitative estimate of drug-likeness (QED) is 0.500. The summed E-state index contributed by atoms with van der Waals surface area (Å²) in [5.74, 6) is -0.556. The molecule has 0 aliphatic carbocycles. The second-order valence-corrected chi connectivity index (χ2v) is 1.30. The molecule has 0 radical (unpaired) electrons. The third-order valence-corrected chi connectivity index (χ3v) is 0.637. The first-order valence-electron chi connectivity index (χ1n) is 2.41. The fourth-order valence-electron chi connectivity index (χ4n) is 0.280. The zero-order valence-electron chi connectivity index (χ0n) is 6.46. The molecule has 1 N–H and O–H groups in total. The molecule has 11 heavy (non-hydrogen) atoms. The number of hydrogen-bond acceptors (Lipinski definition) is 3. The number of nitrogens with one attached hydrogen (secondary N) is 1. The summed E-state index contributed by atoms with van der Waals surface area (Å²) in [5, 5.41) is 5.51. The maximum Gasteiger partial charge on any atom is 2.00 e. The van der Waals surface area contributed by atoms with Crippen molar-refractivity contribution >= 4 is 12.3 Å². The van der Waals surface area contributed by atoms with Gasteiger partial charge in [0.25, 0.3) is 0 Å². The maximum absolute atomic E-state index is 10.3. The predicted octanol–water partition coefficient (Wildman–Crippen LogP) is -3.62. The van der Waals surface area contributed by atoms with Gasteiger partial charge in [0.1, 0.15) is 0 Å². The molecule has 0 rings (SSSR count). The topological polar surface area (TPSA) is 60.3 Å². The molecule has 4 nitrogen and oxygen atoms in total. The van der Waals surface area contributed by atoms with E-state index in [1.165, 1.54) is 6.42 Å². The predicted molar refractivity (Wildman–Crippen MR) is 32.3 cm³/mol. The molecule has 0 heterocycles. The average Bonchev–Trinajstić information content (AvgIpc) is 1.85. The SMILES string of the molecule is CNC[CH-]C(=O)[N-][C-]=O.[Rb+].[W+2]. The Kier molecular flexibility index (Phi) is 23.3. The van der Waals surface area contributed by atoms with E-state index in [1.54, 1.807) is 7.05 Å². The molecule has 0 unspecified atom stereocenters. The largest absolute Gasteiger partial charge is 2.00 e. The van der Waals surface area contributed by atoms with Crippen LogP contribution in [0.5, 0.6) is 0 Å². The monoisotopic (exact) mass is 396 g/mol. The van der Waals surface area contributed by atoms with Crippen molar-refractivity contribution in [1.82, 2.24) is 5.32 Å². The third kappa shape index (κ3) is 14.3. The van der Waals surface area contributed by atoms with Crippen LogP contribution in [0.1, 0.15) is 0 Å². The third-order valence-electron chi connectivity index (χ3n) is 0.637. The maximum atomic E-state index is 10.3. The molecule has 6 heteroatoms. The molecule has 0 aromatic rings. The van der Waals surface area contributed by atoms with E-state index >= 15 is 0 Å². The van der Waals surface area contributed by atoms with Crippen LogP contribution in [0.15, 0.2) is 0 Å². The van der Waals surface area contributed by atoms with Crippen LogP contribution in [0.3, 0.4) is 0 Å². The van der Waals surface area contributed by atoms with Crippen molar-refractivity contribution in [3.63, 3.8) is 0 Å². The van der Waals surface area contributed by atoms with Crippen LogP contribution in [0, 0.1) is 6.42 Å². The van der Waals surface area contributed by atoms with Crippen molar-refractivity contribution in [3.05, 3.63) is 11.7 Å². The van der Waals surface area contributed by atoms with Crippen molar-refractivity contribution in [2.24, 2.45) is 0 Å². The first-order valence-corrected chi connectivity index (χ1v) is 2.41. The first-order chi connectivity index (χ1) is 4.31. The number of hydrogen-bond donors (Lipinski definition) is 1. The Labute approximate surface area is 129 Å².